The van der Waals surface area contributed by atoms with E-state index in [1.807, 2.05) is 110 Å². The van der Waals surface area contributed by atoms with Gasteiger partial charge in [-0.2, -0.15) is 0 Å². The average Bonchev–Trinajstić information content (AvgIpc) is 2.76. The lowest BCUT2D eigenvalue weighted by Crippen LogP contribution is -3.00. The van der Waals surface area contributed by atoms with E-state index < -0.39 is 0 Å². The van der Waals surface area contributed by atoms with Gasteiger partial charge in [-0.15, -0.1) is 0 Å². The van der Waals surface area contributed by atoms with Crippen molar-refractivity contribution in [1.82, 2.24) is 0 Å². The number of carbonyl (C=O) groups is 1. The maximum Gasteiger partial charge on any atom is 0.193 e. The van der Waals surface area contributed by atoms with Crippen molar-refractivity contribution in [3.8, 4) is 0 Å². The summed E-state index contributed by atoms with van der Waals surface area (Å²) in [5.41, 5.74) is 3.77. The van der Waals surface area contributed by atoms with Crippen LogP contribution in [0.3, 0.4) is 0 Å². The molecule has 3 nitrogen and oxygen atoms in total. The molecule has 5 heteroatoms. The molecule has 2 aromatic heterocycles. The Morgan fingerprint density at radius 1 is 0.533 bits per heavy atom. The second-order valence-electron chi connectivity index (χ2n) is 6.82. The maximum atomic E-state index is 12.8. The molecule has 0 aliphatic rings. The number of halogens is 2. The Morgan fingerprint density at radius 2 is 0.867 bits per heavy atom. The predicted octanol–water partition coefficient (Wildman–Crippen LogP) is -2.40. The monoisotopic (exact) mass is 524 g/mol. The smallest absolute Gasteiger partial charge is 0.193 e. The maximum absolute atomic E-state index is 12.8. The lowest BCUT2D eigenvalue weighted by atomic mass is 10.0. The molecule has 152 valence electrons. The van der Waals surface area contributed by atoms with Gasteiger partial charge in [-0.1, -0.05) is 60.7 Å². The molecule has 0 spiro atoms. The molecule has 2 aromatic carbocycles. The van der Waals surface area contributed by atoms with E-state index in [0.29, 0.717) is 11.1 Å². The Balaban J connectivity index is 0.00000160. The highest BCUT2D eigenvalue weighted by atomic mass is 79.9. The number of benzene rings is 2. The van der Waals surface area contributed by atoms with Crippen molar-refractivity contribution in [3.63, 3.8) is 0 Å². The largest absolute Gasteiger partial charge is 1.00 e. The number of aromatic nitrogens is 2. The molecule has 0 unspecified atom stereocenters. The summed E-state index contributed by atoms with van der Waals surface area (Å²) in [6, 6.07) is 27.8. The Morgan fingerprint density at radius 3 is 1.20 bits per heavy atom. The van der Waals surface area contributed by atoms with Crippen LogP contribution in [-0.4, -0.2) is 5.78 Å². The first-order valence-corrected chi connectivity index (χ1v) is 9.39. The SMILES string of the molecule is O=C(c1ccc(C[n+]2ccccc2)cc1)c1ccc(C[n+]2ccccc2)cc1.[Br-].[Br-]. The van der Waals surface area contributed by atoms with Crippen LogP contribution in [0.4, 0.5) is 0 Å². The lowest BCUT2D eigenvalue weighted by Gasteiger charge is -2.04. The molecule has 0 saturated heterocycles. The third kappa shape index (κ3) is 6.18. The molecule has 0 amide bonds. The van der Waals surface area contributed by atoms with Gasteiger partial charge in [0.1, 0.15) is 0 Å². The van der Waals surface area contributed by atoms with Crippen LogP contribution in [0.15, 0.2) is 110 Å². The van der Waals surface area contributed by atoms with Crippen LogP contribution >= 0.6 is 0 Å². The summed E-state index contributed by atoms with van der Waals surface area (Å²) >= 11 is 0. The minimum absolute atomic E-state index is 0. The van der Waals surface area contributed by atoms with Crippen molar-refractivity contribution >= 4 is 5.78 Å². The Hall–Kier alpha value is -2.63. The van der Waals surface area contributed by atoms with E-state index in [-0.39, 0.29) is 39.7 Å². The van der Waals surface area contributed by atoms with Crippen LogP contribution in [0.5, 0.6) is 0 Å². The molecule has 0 aliphatic carbocycles. The van der Waals surface area contributed by atoms with Crippen LogP contribution in [-0.2, 0) is 13.1 Å². The van der Waals surface area contributed by atoms with Gasteiger partial charge in [0, 0.05) is 46.5 Å². The molecule has 2 heterocycles. The third-order valence-electron chi connectivity index (χ3n) is 4.72. The van der Waals surface area contributed by atoms with Gasteiger partial charge in [0.15, 0.2) is 43.7 Å². The van der Waals surface area contributed by atoms with Crippen LogP contribution in [0.1, 0.15) is 27.0 Å². The molecule has 0 atom stereocenters. The van der Waals surface area contributed by atoms with Crippen molar-refractivity contribution in [2.45, 2.75) is 13.1 Å². The van der Waals surface area contributed by atoms with E-state index in [2.05, 4.69) is 9.13 Å². The van der Waals surface area contributed by atoms with Crippen molar-refractivity contribution < 1.29 is 47.9 Å². The summed E-state index contributed by atoms with van der Waals surface area (Å²) in [5.74, 6) is 0.0535. The molecule has 0 aliphatic heterocycles. The molecular weight excluding hydrogens is 504 g/mol. The zero-order valence-electron chi connectivity index (χ0n) is 16.4. The van der Waals surface area contributed by atoms with Crippen molar-refractivity contribution in [2.24, 2.45) is 0 Å². The van der Waals surface area contributed by atoms with E-state index in [0.717, 1.165) is 13.1 Å². The summed E-state index contributed by atoms with van der Waals surface area (Å²) in [4.78, 5) is 12.8. The topological polar surface area (TPSA) is 24.8 Å². The summed E-state index contributed by atoms with van der Waals surface area (Å²) in [6.45, 7) is 1.59. The van der Waals surface area contributed by atoms with E-state index in [1.54, 1.807) is 0 Å². The van der Waals surface area contributed by atoms with Gasteiger partial charge in [0.25, 0.3) is 0 Å². The Labute approximate surface area is 198 Å². The fraction of sp³-hybridized carbons (Fsp3) is 0.0800. The van der Waals surface area contributed by atoms with Crippen molar-refractivity contribution in [1.29, 1.82) is 0 Å². The number of carbonyl (C=O) groups excluding carboxylic acids is 1. The zero-order valence-corrected chi connectivity index (χ0v) is 19.5. The van der Waals surface area contributed by atoms with Crippen molar-refractivity contribution in [2.75, 3.05) is 0 Å². The number of hydrogen-bond donors (Lipinski definition) is 0. The van der Waals surface area contributed by atoms with Gasteiger partial charge in [-0.25, -0.2) is 9.13 Å². The van der Waals surface area contributed by atoms with E-state index in [4.69, 9.17) is 0 Å². The minimum Gasteiger partial charge on any atom is -1.00 e. The molecular formula is C25H22Br2N2O. The van der Waals surface area contributed by atoms with E-state index in [1.165, 1.54) is 11.1 Å². The first-order chi connectivity index (χ1) is 13.8. The molecule has 0 fully saturated rings. The number of nitrogens with zero attached hydrogens (tertiary/aromatic N) is 2. The van der Waals surface area contributed by atoms with E-state index in [9.17, 15) is 4.79 Å². The summed E-state index contributed by atoms with van der Waals surface area (Å²) in [6.07, 6.45) is 8.14. The van der Waals surface area contributed by atoms with Gasteiger partial charge in [0.2, 0.25) is 0 Å². The summed E-state index contributed by atoms with van der Waals surface area (Å²) in [7, 11) is 0. The van der Waals surface area contributed by atoms with Crippen LogP contribution in [0.25, 0.3) is 0 Å². The summed E-state index contributed by atoms with van der Waals surface area (Å²) < 4.78 is 4.22. The number of pyridine rings is 2. The highest BCUT2D eigenvalue weighted by Gasteiger charge is 2.11. The van der Waals surface area contributed by atoms with Crippen LogP contribution in [0.2, 0.25) is 0 Å². The van der Waals surface area contributed by atoms with Crippen molar-refractivity contribution in [3.05, 3.63) is 132 Å². The second kappa shape index (κ2) is 11.5. The molecule has 0 bridgehead atoms. The standard InChI is InChI=1S/C25H22N2O.2BrH/c28-25(23-11-7-21(8-12-23)19-26-15-3-1-4-16-26)24-13-9-22(10-14-24)20-27-17-5-2-6-18-27;;/h1-18H,19-20H2;2*1H/q+2;;/p-2. The molecule has 4 aromatic rings. The molecule has 0 saturated carbocycles. The van der Waals surface area contributed by atoms with Gasteiger partial charge in [-0.3, -0.25) is 4.79 Å². The number of rotatable bonds is 6. The van der Waals surface area contributed by atoms with Gasteiger partial charge < -0.3 is 34.0 Å². The molecule has 30 heavy (non-hydrogen) atoms. The fourth-order valence-corrected chi connectivity index (χ4v) is 3.19. The normalized spacial score (nSPS) is 9.87. The third-order valence-corrected chi connectivity index (χ3v) is 4.72. The highest BCUT2D eigenvalue weighted by molar-refractivity contribution is 6.08. The lowest BCUT2D eigenvalue weighted by molar-refractivity contribution is -0.688. The van der Waals surface area contributed by atoms with Crippen LogP contribution < -0.4 is 43.1 Å². The molecule has 0 radical (unpaired) electrons. The second-order valence-corrected chi connectivity index (χ2v) is 6.82. The molecule has 0 N–H and O–H groups in total. The average molecular weight is 526 g/mol. The zero-order chi connectivity index (χ0) is 19.2. The number of ketones is 1. The quantitative estimate of drug-likeness (QED) is 0.203. The fourth-order valence-electron chi connectivity index (χ4n) is 3.19. The molecule has 4 rings (SSSR count). The summed E-state index contributed by atoms with van der Waals surface area (Å²) in [5, 5.41) is 0. The van der Waals surface area contributed by atoms with E-state index >= 15 is 0 Å². The van der Waals surface area contributed by atoms with Crippen LogP contribution in [0, 0.1) is 0 Å². The first kappa shape index (κ1) is 23.6. The predicted molar refractivity (Wildman–Crippen MR) is 108 cm³/mol. The number of hydrogen-bond acceptors (Lipinski definition) is 1. The van der Waals surface area contributed by atoms with Gasteiger partial charge >= 0.3 is 0 Å². The van der Waals surface area contributed by atoms with Gasteiger partial charge in [0.05, 0.1) is 0 Å². The first-order valence-electron chi connectivity index (χ1n) is 9.39. The Bertz CT molecular complexity index is 965. The minimum atomic E-state index is 0. The highest BCUT2D eigenvalue weighted by Crippen LogP contribution is 2.12. The van der Waals surface area contributed by atoms with Gasteiger partial charge in [-0.05, 0) is 0 Å². The Kier molecular flexibility index (Phi) is 9.09.